The van der Waals surface area contributed by atoms with Gasteiger partial charge in [-0.05, 0) is 37.5 Å². The Hall–Kier alpha value is -2.27. The Kier molecular flexibility index (Phi) is 7.92. The molecule has 0 radical (unpaired) electrons. The second-order valence-corrected chi connectivity index (χ2v) is 7.71. The molecule has 0 spiro atoms. The van der Waals surface area contributed by atoms with Crippen LogP contribution in [0.5, 0.6) is 0 Å². The summed E-state index contributed by atoms with van der Waals surface area (Å²) in [6.45, 7) is 6.31. The molecule has 2 aromatic carbocycles. The van der Waals surface area contributed by atoms with Gasteiger partial charge in [0.15, 0.2) is 0 Å². The van der Waals surface area contributed by atoms with Crippen LogP contribution in [-0.2, 0) is 21.9 Å². The Morgan fingerprint density at radius 1 is 1.11 bits per heavy atom. The fraction of sp³-hybridized carbons (Fsp3) is 0.364. The van der Waals surface area contributed by atoms with E-state index in [4.69, 9.17) is 0 Å². The molecule has 0 aromatic heterocycles. The normalized spacial score (nSPS) is 11.7. The molecule has 2 rings (SSSR count). The molecule has 27 heavy (non-hydrogen) atoms. The van der Waals surface area contributed by atoms with E-state index in [-0.39, 0.29) is 11.8 Å². The van der Waals surface area contributed by atoms with E-state index in [2.05, 4.69) is 30.4 Å². The predicted octanol–water partition coefficient (Wildman–Crippen LogP) is 3.70. The van der Waals surface area contributed by atoms with Crippen molar-refractivity contribution in [2.75, 3.05) is 12.8 Å². The number of amides is 2. The number of nitrogens with one attached hydrogen (secondary N) is 1. The largest absolute Gasteiger partial charge is 0.357 e. The summed E-state index contributed by atoms with van der Waals surface area (Å²) in [5.41, 5.74) is 4.64. The smallest absolute Gasteiger partial charge is 0.242 e. The number of likely N-dealkylation sites (N-methyl/N-ethyl adjacent to an activating group) is 1. The molecule has 0 unspecified atom stereocenters. The second kappa shape index (κ2) is 10.2. The number of thioether (sulfide) groups is 1. The van der Waals surface area contributed by atoms with Gasteiger partial charge < -0.3 is 10.2 Å². The van der Waals surface area contributed by atoms with E-state index in [1.54, 1.807) is 30.6 Å². The van der Waals surface area contributed by atoms with E-state index in [0.29, 0.717) is 12.3 Å². The average molecular weight is 385 g/mol. The number of benzene rings is 2. The third kappa shape index (κ3) is 6.14. The standard InChI is InChI=1S/C22H28N2O2S/c1-16-8-7-10-19(12-16)13-24(18(3)22(26)23-4)21(25)15-27-14-20-11-6-5-9-17(20)2/h5-12,18H,13-15H2,1-4H3,(H,23,26)/t18-/m1/s1. The highest BCUT2D eigenvalue weighted by Crippen LogP contribution is 2.18. The molecular weight excluding hydrogens is 356 g/mol. The van der Waals surface area contributed by atoms with Crippen LogP contribution in [0.3, 0.4) is 0 Å². The predicted molar refractivity (Wildman–Crippen MR) is 113 cm³/mol. The van der Waals surface area contributed by atoms with Gasteiger partial charge in [-0.1, -0.05) is 54.1 Å². The average Bonchev–Trinajstić information content (AvgIpc) is 2.66. The maximum atomic E-state index is 12.9. The van der Waals surface area contributed by atoms with E-state index in [9.17, 15) is 9.59 Å². The molecule has 0 heterocycles. The maximum absolute atomic E-state index is 12.9. The van der Waals surface area contributed by atoms with Gasteiger partial charge in [-0.25, -0.2) is 0 Å². The Morgan fingerprint density at radius 2 is 1.85 bits per heavy atom. The summed E-state index contributed by atoms with van der Waals surface area (Å²) in [4.78, 5) is 26.7. The lowest BCUT2D eigenvalue weighted by atomic mass is 10.1. The highest BCUT2D eigenvalue weighted by molar-refractivity contribution is 7.99. The first-order valence-electron chi connectivity index (χ1n) is 9.11. The molecule has 0 aliphatic carbocycles. The molecule has 0 saturated carbocycles. The molecule has 4 nitrogen and oxygen atoms in total. The number of hydrogen-bond donors (Lipinski definition) is 1. The van der Waals surface area contributed by atoms with Crippen LogP contribution in [0.25, 0.3) is 0 Å². The zero-order chi connectivity index (χ0) is 19.8. The third-order valence-electron chi connectivity index (χ3n) is 4.59. The summed E-state index contributed by atoms with van der Waals surface area (Å²) in [5, 5.41) is 2.65. The van der Waals surface area contributed by atoms with Crippen molar-refractivity contribution < 1.29 is 9.59 Å². The van der Waals surface area contributed by atoms with Crippen molar-refractivity contribution in [1.82, 2.24) is 10.2 Å². The van der Waals surface area contributed by atoms with Gasteiger partial charge in [-0.2, -0.15) is 0 Å². The monoisotopic (exact) mass is 384 g/mol. The number of carbonyl (C=O) groups is 2. The number of hydrogen-bond acceptors (Lipinski definition) is 3. The van der Waals surface area contributed by atoms with E-state index in [1.165, 1.54) is 11.1 Å². The molecule has 0 bridgehead atoms. The fourth-order valence-electron chi connectivity index (χ4n) is 2.90. The molecule has 1 N–H and O–H groups in total. The molecule has 144 valence electrons. The maximum Gasteiger partial charge on any atom is 0.242 e. The number of nitrogens with zero attached hydrogens (tertiary/aromatic N) is 1. The van der Waals surface area contributed by atoms with Crippen molar-refractivity contribution in [1.29, 1.82) is 0 Å². The van der Waals surface area contributed by atoms with Gasteiger partial charge in [0, 0.05) is 19.3 Å². The quantitative estimate of drug-likeness (QED) is 0.755. The zero-order valence-electron chi connectivity index (χ0n) is 16.5. The van der Waals surface area contributed by atoms with Crippen LogP contribution in [0.2, 0.25) is 0 Å². The van der Waals surface area contributed by atoms with Crippen LogP contribution in [0.15, 0.2) is 48.5 Å². The van der Waals surface area contributed by atoms with Gasteiger partial charge in [-0.3, -0.25) is 9.59 Å². The van der Waals surface area contributed by atoms with Crippen molar-refractivity contribution in [2.24, 2.45) is 0 Å². The van der Waals surface area contributed by atoms with Crippen LogP contribution in [0, 0.1) is 13.8 Å². The van der Waals surface area contributed by atoms with Gasteiger partial charge in [-0.15, -0.1) is 11.8 Å². The topological polar surface area (TPSA) is 49.4 Å². The van der Waals surface area contributed by atoms with E-state index >= 15 is 0 Å². The summed E-state index contributed by atoms with van der Waals surface area (Å²) in [6.07, 6.45) is 0. The highest BCUT2D eigenvalue weighted by atomic mass is 32.2. The minimum Gasteiger partial charge on any atom is -0.357 e. The first-order chi connectivity index (χ1) is 12.9. The van der Waals surface area contributed by atoms with Gasteiger partial charge >= 0.3 is 0 Å². The molecule has 0 fully saturated rings. The van der Waals surface area contributed by atoms with Crippen LogP contribution >= 0.6 is 11.8 Å². The first kappa shape index (κ1) is 21.0. The van der Waals surface area contributed by atoms with Crippen molar-refractivity contribution >= 4 is 23.6 Å². The summed E-state index contributed by atoms with van der Waals surface area (Å²) in [5.74, 6) is 0.957. The van der Waals surface area contributed by atoms with E-state index in [0.717, 1.165) is 16.9 Å². The number of aryl methyl sites for hydroxylation is 2. The molecule has 2 aromatic rings. The minimum absolute atomic E-state index is 0.0220. The molecule has 0 aliphatic rings. The lowest BCUT2D eigenvalue weighted by Crippen LogP contribution is -2.47. The van der Waals surface area contributed by atoms with Crippen LogP contribution in [-0.4, -0.2) is 35.6 Å². The molecular formula is C22H28N2O2S. The Bertz CT molecular complexity index is 791. The number of rotatable bonds is 8. The summed E-state index contributed by atoms with van der Waals surface area (Å²) in [6, 6.07) is 15.7. The van der Waals surface area contributed by atoms with E-state index < -0.39 is 6.04 Å². The van der Waals surface area contributed by atoms with Gasteiger partial charge in [0.25, 0.3) is 0 Å². The molecule has 5 heteroatoms. The Morgan fingerprint density at radius 3 is 2.52 bits per heavy atom. The SMILES string of the molecule is CNC(=O)[C@@H](C)N(Cc1cccc(C)c1)C(=O)CSCc1ccccc1C. The molecule has 2 amide bonds. The van der Waals surface area contributed by atoms with Crippen molar-refractivity contribution in [3.05, 3.63) is 70.8 Å². The van der Waals surface area contributed by atoms with Gasteiger partial charge in [0.2, 0.25) is 11.8 Å². The van der Waals surface area contributed by atoms with Gasteiger partial charge in [0.05, 0.1) is 5.75 Å². The third-order valence-corrected chi connectivity index (χ3v) is 5.56. The first-order valence-corrected chi connectivity index (χ1v) is 10.3. The van der Waals surface area contributed by atoms with E-state index in [1.807, 2.05) is 37.3 Å². The minimum atomic E-state index is -0.512. The molecule has 0 saturated heterocycles. The van der Waals surface area contributed by atoms with Crippen molar-refractivity contribution in [3.63, 3.8) is 0 Å². The molecule has 1 atom stereocenters. The Labute approximate surface area is 166 Å². The fourth-order valence-corrected chi connectivity index (χ4v) is 3.89. The van der Waals surface area contributed by atoms with Crippen molar-refractivity contribution in [2.45, 2.75) is 39.1 Å². The lowest BCUT2D eigenvalue weighted by molar-refractivity contribution is -0.138. The van der Waals surface area contributed by atoms with Crippen LogP contribution in [0.4, 0.5) is 0 Å². The zero-order valence-corrected chi connectivity index (χ0v) is 17.3. The summed E-state index contributed by atoms with van der Waals surface area (Å²) < 4.78 is 0. The van der Waals surface area contributed by atoms with Crippen molar-refractivity contribution in [3.8, 4) is 0 Å². The molecule has 0 aliphatic heterocycles. The summed E-state index contributed by atoms with van der Waals surface area (Å²) >= 11 is 1.58. The summed E-state index contributed by atoms with van der Waals surface area (Å²) in [7, 11) is 1.60. The highest BCUT2D eigenvalue weighted by Gasteiger charge is 2.25. The Balaban J connectivity index is 2.06. The van der Waals surface area contributed by atoms with Gasteiger partial charge in [0.1, 0.15) is 6.04 Å². The second-order valence-electron chi connectivity index (χ2n) is 6.72. The lowest BCUT2D eigenvalue weighted by Gasteiger charge is -2.28. The van der Waals surface area contributed by atoms with Crippen LogP contribution in [0.1, 0.15) is 29.2 Å². The van der Waals surface area contributed by atoms with Crippen LogP contribution < -0.4 is 5.32 Å². The number of carbonyl (C=O) groups excluding carboxylic acids is 2.